The van der Waals surface area contributed by atoms with Crippen molar-refractivity contribution in [2.45, 2.75) is 31.9 Å². The predicted octanol–water partition coefficient (Wildman–Crippen LogP) is -0.358. The second-order valence-electron chi connectivity index (χ2n) is 4.22. The number of rotatable bonds is 4. The summed E-state index contributed by atoms with van der Waals surface area (Å²) in [6.07, 6.45) is 1.50. The van der Waals surface area contributed by atoms with Gasteiger partial charge in [-0.3, -0.25) is 0 Å². The molecule has 7 nitrogen and oxygen atoms in total. The molecule has 1 saturated heterocycles. The van der Waals surface area contributed by atoms with Gasteiger partial charge in [-0.2, -0.15) is 0 Å². The van der Waals surface area contributed by atoms with E-state index in [1.807, 2.05) is 6.92 Å². The third-order valence-electron chi connectivity index (χ3n) is 2.87. The molecule has 0 aromatic heterocycles. The summed E-state index contributed by atoms with van der Waals surface area (Å²) in [6, 6.07) is -1.73. The Hall–Kier alpha value is -1.34. The van der Waals surface area contributed by atoms with Gasteiger partial charge in [0, 0.05) is 19.7 Å². The van der Waals surface area contributed by atoms with Crippen LogP contribution in [0.1, 0.15) is 19.8 Å². The van der Waals surface area contributed by atoms with Gasteiger partial charge >= 0.3 is 12.0 Å². The van der Waals surface area contributed by atoms with Gasteiger partial charge in [-0.1, -0.05) is 6.92 Å². The molecule has 1 rings (SSSR count). The topological polar surface area (TPSA) is 99.1 Å². The van der Waals surface area contributed by atoms with Crippen molar-refractivity contribution in [1.82, 2.24) is 10.2 Å². The van der Waals surface area contributed by atoms with E-state index in [-0.39, 0.29) is 6.10 Å². The van der Waals surface area contributed by atoms with E-state index in [2.05, 4.69) is 5.32 Å². The van der Waals surface area contributed by atoms with Gasteiger partial charge < -0.3 is 25.2 Å². The molecule has 104 valence electrons. The van der Waals surface area contributed by atoms with Crippen molar-refractivity contribution in [2.24, 2.45) is 0 Å². The molecular weight excluding hydrogens is 240 g/mol. The van der Waals surface area contributed by atoms with Crippen LogP contribution in [-0.2, 0) is 9.53 Å². The first kappa shape index (κ1) is 14.7. The number of hydrogen-bond donors (Lipinski definition) is 3. The quantitative estimate of drug-likeness (QED) is 0.641. The van der Waals surface area contributed by atoms with Gasteiger partial charge in [-0.25, -0.2) is 9.59 Å². The van der Waals surface area contributed by atoms with E-state index in [0.717, 1.165) is 12.8 Å². The van der Waals surface area contributed by atoms with Gasteiger partial charge in [-0.15, -0.1) is 0 Å². The number of hydrogen-bond acceptors (Lipinski definition) is 4. The summed E-state index contributed by atoms with van der Waals surface area (Å²) in [5.41, 5.74) is 0. The fourth-order valence-electron chi connectivity index (χ4n) is 1.75. The second-order valence-corrected chi connectivity index (χ2v) is 4.22. The third-order valence-corrected chi connectivity index (χ3v) is 2.87. The van der Waals surface area contributed by atoms with Crippen LogP contribution >= 0.6 is 0 Å². The maximum Gasteiger partial charge on any atom is 0.328 e. The summed E-state index contributed by atoms with van der Waals surface area (Å²) >= 11 is 0. The molecule has 0 aromatic carbocycles. The summed E-state index contributed by atoms with van der Waals surface area (Å²) in [5, 5.41) is 19.9. The largest absolute Gasteiger partial charge is 0.480 e. The van der Waals surface area contributed by atoms with E-state index in [1.54, 1.807) is 0 Å². The van der Waals surface area contributed by atoms with Crippen LogP contribution in [0.3, 0.4) is 0 Å². The average Bonchev–Trinajstić information content (AvgIpc) is 2.60. The zero-order chi connectivity index (χ0) is 13.5. The van der Waals surface area contributed by atoms with Crippen molar-refractivity contribution in [2.75, 3.05) is 26.3 Å². The minimum absolute atomic E-state index is 0.0179. The third kappa shape index (κ3) is 4.15. The minimum atomic E-state index is -1.26. The Labute approximate surface area is 106 Å². The smallest absolute Gasteiger partial charge is 0.328 e. The van der Waals surface area contributed by atoms with Crippen LogP contribution in [0, 0.1) is 0 Å². The Morgan fingerprint density at radius 3 is 2.83 bits per heavy atom. The van der Waals surface area contributed by atoms with E-state index < -0.39 is 24.6 Å². The lowest BCUT2D eigenvalue weighted by atomic mass is 10.2. The van der Waals surface area contributed by atoms with E-state index in [0.29, 0.717) is 19.7 Å². The van der Waals surface area contributed by atoms with Gasteiger partial charge in [0.05, 0.1) is 12.7 Å². The van der Waals surface area contributed by atoms with Crippen molar-refractivity contribution >= 4 is 12.0 Å². The molecule has 2 atom stereocenters. The molecule has 1 unspecified atom stereocenters. The van der Waals surface area contributed by atoms with Crippen LogP contribution in [0.15, 0.2) is 0 Å². The number of carboxylic acids is 1. The highest BCUT2D eigenvalue weighted by molar-refractivity contribution is 5.82. The Balaban J connectivity index is 2.55. The molecule has 1 fully saturated rings. The molecule has 0 saturated carbocycles. The number of urea groups is 1. The first-order chi connectivity index (χ1) is 8.58. The fourth-order valence-corrected chi connectivity index (χ4v) is 1.75. The van der Waals surface area contributed by atoms with Gasteiger partial charge in [0.25, 0.3) is 0 Å². The van der Waals surface area contributed by atoms with Crippen LogP contribution in [-0.4, -0.2) is 65.6 Å². The highest BCUT2D eigenvalue weighted by atomic mass is 16.5. The molecule has 7 heteroatoms. The normalized spacial score (nSPS) is 22.1. The zero-order valence-corrected chi connectivity index (χ0v) is 10.5. The van der Waals surface area contributed by atoms with Gasteiger partial charge in [-0.05, 0) is 12.8 Å². The molecule has 18 heavy (non-hydrogen) atoms. The number of carboxylic acid groups (broad SMARTS) is 1. The van der Waals surface area contributed by atoms with Gasteiger partial charge in [0.1, 0.15) is 0 Å². The van der Waals surface area contributed by atoms with Crippen molar-refractivity contribution in [3.63, 3.8) is 0 Å². The average molecular weight is 260 g/mol. The van der Waals surface area contributed by atoms with Crippen LogP contribution in [0.5, 0.6) is 0 Å². The van der Waals surface area contributed by atoms with Crippen LogP contribution in [0.25, 0.3) is 0 Å². The molecular formula is C11H20N2O5. The predicted molar refractivity (Wildman–Crippen MR) is 63.3 cm³/mol. The lowest BCUT2D eigenvalue weighted by Gasteiger charge is -2.25. The molecule has 0 radical (unpaired) electrons. The Kier molecular flexibility index (Phi) is 5.87. The number of carbonyl (C=O) groups is 2. The summed E-state index contributed by atoms with van der Waals surface area (Å²) in [4.78, 5) is 24.1. The van der Waals surface area contributed by atoms with Crippen LogP contribution in [0.4, 0.5) is 4.79 Å². The van der Waals surface area contributed by atoms with Crippen molar-refractivity contribution in [3.8, 4) is 0 Å². The Morgan fingerprint density at radius 2 is 2.28 bits per heavy atom. The van der Waals surface area contributed by atoms with E-state index in [4.69, 9.17) is 14.9 Å². The Bertz CT molecular complexity index is 297. The highest BCUT2D eigenvalue weighted by Crippen LogP contribution is 2.08. The van der Waals surface area contributed by atoms with E-state index >= 15 is 0 Å². The number of carbonyl (C=O) groups excluding carboxylic acids is 1. The van der Waals surface area contributed by atoms with Gasteiger partial charge in [0.15, 0.2) is 6.04 Å². The monoisotopic (exact) mass is 260 g/mol. The highest BCUT2D eigenvalue weighted by Gasteiger charge is 2.25. The molecule has 0 spiro atoms. The molecule has 0 bridgehead atoms. The fraction of sp³-hybridized carbons (Fsp3) is 0.818. The number of ether oxygens (including phenoxy) is 1. The van der Waals surface area contributed by atoms with E-state index in [1.165, 1.54) is 4.90 Å². The number of amides is 2. The molecule has 2 amide bonds. The lowest BCUT2D eigenvalue weighted by Crippen LogP contribution is -2.50. The van der Waals surface area contributed by atoms with Crippen molar-refractivity contribution < 1.29 is 24.5 Å². The lowest BCUT2D eigenvalue weighted by molar-refractivity contribution is -0.140. The molecule has 0 aromatic rings. The zero-order valence-electron chi connectivity index (χ0n) is 10.5. The number of aliphatic carboxylic acids is 1. The SMILES string of the molecule is CCC1CN(C(=O)N[C@@H](CO)C(=O)O)CCCO1. The first-order valence-electron chi connectivity index (χ1n) is 6.09. The summed E-state index contributed by atoms with van der Waals surface area (Å²) in [6.45, 7) is 2.92. The number of aliphatic hydroxyl groups is 1. The minimum Gasteiger partial charge on any atom is -0.480 e. The number of nitrogens with one attached hydrogen (secondary N) is 1. The Morgan fingerprint density at radius 1 is 1.56 bits per heavy atom. The summed E-state index contributed by atoms with van der Waals surface area (Å²) in [5.74, 6) is -1.25. The maximum atomic E-state index is 11.9. The molecule has 1 aliphatic rings. The van der Waals surface area contributed by atoms with Crippen molar-refractivity contribution in [3.05, 3.63) is 0 Å². The second kappa shape index (κ2) is 7.17. The summed E-state index contributed by atoms with van der Waals surface area (Å²) < 4.78 is 5.52. The van der Waals surface area contributed by atoms with Crippen LogP contribution < -0.4 is 5.32 Å². The first-order valence-corrected chi connectivity index (χ1v) is 6.09. The molecule has 0 aliphatic carbocycles. The van der Waals surface area contributed by atoms with Gasteiger partial charge in [0.2, 0.25) is 0 Å². The maximum absolute atomic E-state index is 11.9. The summed E-state index contributed by atoms with van der Waals surface area (Å²) in [7, 11) is 0. The van der Waals surface area contributed by atoms with Crippen molar-refractivity contribution in [1.29, 1.82) is 0 Å². The molecule has 1 aliphatic heterocycles. The molecule has 1 heterocycles. The van der Waals surface area contributed by atoms with E-state index in [9.17, 15) is 9.59 Å². The molecule has 3 N–H and O–H groups in total. The number of nitrogens with zero attached hydrogens (tertiary/aromatic N) is 1. The standard InChI is InChI=1S/C11H20N2O5/c1-2-8-6-13(4-3-5-18-8)11(17)12-9(7-14)10(15)16/h8-9,14H,2-7H2,1H3,(H,12,17)(H,15,16)/t8?,9-/m0/s1. The van der Waals surface area contributed by atoms with Crippen LogP contribution in [0.2, 0.25) is 0 Å². The number of aliphatic hydroxyl groups excluding tert-OH is 1.